The summed E-state index contributed by atoms with van der Waals surface area (Å²) in [7, 11) is 0. The van der Waals surface area contributed by atoms with Crippen molar-refractivity contribution in [2.75, 3.05) is 19.6 Å². The molecule has 0 radical (unpaired) electrons. The van der Waals surface area contributed by atoms with E-state index in [4.69, 9.17) is 0 Å². The molecule has 1 aliphatic rings. The molecule has 2 heteroatoms. The lowest BCUT2D eigenvalue weighted by molar-refractivity contribution is 0.175. The Balaban J connectivity index is 1.88. The number of aliphatic hydroxyl groups is 1. The number of β-amino-alcohol motifs (C(OH)–C–C–N with tert-alkyl or cyclic N) is 1. The second-order valence-electron chi connectivity index (χ2n) is 4.16. The van der Waals surface area contributed by atoms with Gasteiger partial charge in [0.1, 0.15) is 0 Å². The lowest BCUT2D eigenvalue weighted by Crippen LogP contribution is -2.23. The molecule has 0 bridgehead atoms. The van der Waals surface area contributed by atoms with E-state index in [9.17, 15) is 5.11 Å². The molecule has 0 aromatic heterocycles. The van der Waals surface area contributed by atoms with Gasteiger partial charge in [0.05, 0.1) is 6.10 Å². The molecular formula is C11H23NO. The first-order chi connectivity index (χ1) is 6.33. The smallest absolute Gasteiger partial charge is 0.0679 e. The average molecular weight is 185 g/mol. The second kappa shape index (κ2) is 6.39. The summed E-state index contributed by atoms with van der Waals surface area (Å²) in [6.45, 7) is 5.46. The molecule has 0 spiro atoms. The summed E-state index contributed by atoms with van der Waals surface area (Å²) >= 11 is 0. The molecule has 13 heavy (non-hydrogen) atoms. The third kappa shape index (κ3) is 4.63. The molecule has 0 amide bonds. The molecule has 0 aliphatic carbocycles. The fourth-order valence-electron chi connectivity index (χ4n) is 1.95. The Morgan fingerprint density at radius 3 is 2.62 bits per heavy atom. The number of nitrogens with zero attached hydrogens (tertiary/aromatic N) is 1. The minimum atomic E-state index is -0.0457. The van der Waals surface area contributed by atoms with E-state index in [0.29, 0.717) is 0 Å². The fourth-order valence-corrected chi connectivity index (χ4v) is 1.95. The first-order valence-corrected chi connectivity index (χ1v) is 5.73. The van der Waals surface area contributed by atoms with Gasteiger partial charge < -0.3 is 10.0 Å². The van der Waals surface area contributed by atoms with Gasteiger partial charge in [-0.3, -0.25) is 0 Å². The lowest BCUT2D eigenvalue weighted by Gasteiger charge is -2.13. The number of hydrogen-bond acceptors (Lipinski definition) is 2. The number of rotatable bonds is 6. The van der Waals surface area contributed by atoms with Gasteiger partial charge in [-0.2, -0.15) is 0 Å². The predicted octanol–water partition coefficient (Wildman–Crippen LogP) is 2.02. The van der Waals surface area contributed by atoms with Crippen molar-refractivity contribution in [1.29, 1.82) is 0 Å². The summed E-state index contributed by atoms with van der Waals surface area (Å²) in [4.78, 5) is 2.39. The maximum Gasteiger partial charge on any atom is 0.0679 e. The van der Waals surface area contributed by atoms with Gasteiger partial charge in [-0.25, -0.2) is 0 Å². The third-order valence-electron chi connectivity index (χ3n) is 2.83. The number of hydrogen-bond donors (Lipinski definition) is 1. The Hall–Kier alpha value is -0.0800. The first kappa shape index (κ1) is 11.0. The summed E-state index contributed by atoms with van der Waals surface area (Å²) in [6, 6.07) is 0. The van der Waals surface area contributed by atoms with Gasteiger partial charge in [0.2, 0.25) is 0 Å². The standard InChI is InChI=1S/C11H23NO/c1-2-3-4-5-6-8-12-9-7-11(13)10-12/h11,13H,2-10H2,1H3/t11-/m0/s1. The minimum absolute atomic E-state index is 0.0457. The monoisotopic (exact) mass is 185 g/mol. The van der Waals surface area contributed by atoms with Crippen LogP contribution in [0.1, 0.15) is 45.4 Å². The number of likely N-dealkylation sites (tertiary alicyclic amines) is 1. The van der Waals surface area contributed by atoms with Crippen LogP contribution in [0.25, 0.3) is 0 Å². The zero-order chi connectivity index (χ0) is 9.52. The Morgan fingerprint density at radius 2 is 2.00 bits per heavy atom. The van der Waals surface area contributed by atoms with Crippen molar-refractivity contribution in [2.45, 2.75) is 51.6 Å². The van der Waals surface area contributed by atoms with Crippen LogP contribution in [-0.4, -0.2) is 35.7 Å². The van der Waals surface area contributed by atoms with Crippen LogP contribution in [0.2, 0.25) is 0 Å². The highest BCUT2D eigenvalue weighted by molar-refractivity contribution is 4.73. The van der Waals surface area contributed by atoms with Gasteiger partial charge in [0, 0.05) is 13.1 Å². The van der Waals surface area contributed by atoms with Crippen molar-refractivity contribution in [1.82, 2.24) is 4.90 Å². The van der Waals surface area contributed by atoms with E-state index in [1.54, 1.807) is 0 Å². The van der Waals surface area contributed by atoms with Crippen LogP contribution < -0.4 is 0 Å². The zero-order valence-corrected chi connectivity index (χ0v) is 8.84. The van der Waals surface area contributed by atoms with E-state index in [0.717, 1.165) is 19.5 Å². The highest BCUT2D eigenvalue weighted by Gasteiger charge is 2.18. The third-order valence-corrected chi connectivity index (χ3v) is 2.83. The van der Waals surface area contributed by atoms with Gasteiger partial charge in [-0.1, -0.05) is 32.6 Å². The zero-order valence-electron chi connectivity index (χ0n) is 8.84. The van der Waals surface area contributed by atoms with E-state index < -0.39 is 0 Å². The fraction of sp³-hybridized carbons (Fsp3) is 1.00. The Bertz CT molecular complexity index is 127. The van der Waals surface area contributed by atoms with Crippen molar-refractivity contribution < 1.29 is 5.11 Å². The molecule has 2 nitrogen and oxygen atoms in total. The number of unbranched alkanes of at least 4 members (excludes halogenated alkanes) is 4. The Morgan fingerprint density at radius 1 is 1.23 bits per heavy atom. The van der Waals surface area contributed by atoms with Crippen LogP contribution in [-0.2, 0) is 0 Å². The van der Waals surface area contributed by atoms with E-state index in [2.05, 4.69) is 11.8 Å². The minimum Gasteiger partial charge on any atom is -0.392 e. The van der Waals surface area contributed by atoms with Crippen molar-refractivity contribution in [2.24, 2.45) is 0 Å². The molecular weight excluding hydrogens is 162 g/mol. The van der Waals surface area contributed by atoms with Crippen LogP contribution in [0.4, 0.5) is 0 Å². The van der Waals surface area contributed by atoms with Gasteiger partial charge in [-0.05, 0) is 19.4 Å². The molecule has 0 aromatic rings. The highest BCUT2D eigenvalue weighted by Crippen LogP contribution is 2.10. The summed E-state index contributed by atoms with van der Waals surface area (Å²) in [5.41, 5.74) is 0. The summed E-state index contributed by atoms with van der Waals surface area (Å²) < 4.78 is 0. The number of aliphatic hydroxyl groups excluding tert-OH is 1. The molecule has 1 rings (SSSR count). The van der Waals surface area contributed by atoms with Crippen LogP contribution in [0.3, 0.4) is 0 Å². The van der Waals surface area contributed by atoms with Crippen LogP contribution in [0, 0.1) is 0 Å². The Labute approximate surface area is 81.9 Å². The van der Waals surface area contributed by atoms with E-state index in [-0.39, 0.29) is 6.10 Å². The molecule has 1 N–H and O–H groups in total. The molecule has 78 valence electrons. The molecule has 1 atom stereocenters. The van der Waals surface area contributed by atoms with Crippen molar-refractivity contribution >= 4 is 0 Å². The van der Waals surface area contributed by atoms with Crippen LogP contribution in [0.15, 0.2) is 0 Å². The quantitative estimate of drug-likeness (QED) is 0.640. The largest absolute Gasteiger partial charge is 0.392 e. The summed E-state index contributed by atoms with van der Waals surface area (Å²) in [5, 5.41) is 9.30. The molecule has 0 saturated carbocycles. The average Bonchev–Trinajstić information content (AvgIpc) is 2.51. The molecule has 1 fully saturated rings. The highest BCUT2D eigenvalue weighted by atomic mass is 16.3. The van der Waals surface area contributed by atoms with E-state index in [1.807, 2.05) is 0 Å². The maximum atomic E-state index is 9.30. The summed E-state index contributed by atoms with van der Waals surface area (Å²) in [5.74, 6) is 0. The van der Waals surface area contributed by atoms with E-state index >= 15 is 0 Å². The van der Waals surface area contributed by atoms with Crippen LogP contribution in [0.5, 0.6) is 0 Å². The normalized spacial score (nSPS) is 24.0. The molecule has 1 saturated heterocycles. The van der Waals surface area contributed by atoms with Crippen LogP contribution >= 0.6 is 0 Å². The van der Waals surface area contributed by atoms with E-state index in [1.165, 1.54) is 38.6 Å². The molecule has 1 aliphatic heterocycles. The van der Waals surface area contributed by atoms with Crippen molar-refractivity contribution in [3.63, 3.8) is 0 Å². The lowest BCUT2D eigenvalue weighted by atomic mass is 10.1. The second-order valence-corrected chi connectivity index (χ2v) is 4.16. The van der Waals surface area contributed by atoms with Gasteiger partial charge in [0.25, 0.3) is 0 Å². The van der Waals surface area contributed by atoms with Gasteiger partial charge >= 0.3 is 0 Å². The molecule has 1 heterocycles. The summed E-state index contributed by atoms with van der Waals surface area (Å²) in [6.07, 6.45) is 7.69. The van der Waals surface area contributed by atoms with Crippen molar-refractivity contribution in [3.05, 3.63) is 0 Å². The first-order valence-electron chi connectivity index (χ1n) is 5.73. The Kier molecular flexibility index (Phi) is 5.40. The topological polar surface area (TPSA) is 23.5 Å². The van der Waals surface area contributed by atoms with Gasteiger partial charge in [-0.15, -0.1) is 0 Å². The van der Waals surface area contributed by atoms with Crippen molar-refractivity contribution in [3.8, 4) is 0 Å². The maximum absolute atomic E-state index is 9.30. The van der Waals surface area contributed by atoms with Gasteiger partial charge in [0.15, 0.2) is 0 Å². The molecule has 0 unspecified atom stereocenters. The SMILES string of the molecule is CCCCCCCN1CC[C@H](O)C1. The molecule has 0 aromatic carbocycles. The predicted molar refractivity (Wildman–Crippen MR) is 55.8 cm³/mol.